The molecule has 0 spiro atoms. The van der Waals surface area contributed by atoms with Gasteiger partial charge in [0.2, 0.25) is 0 Å². The maximum Gasteiger partial charge on any atom is 0.0954 e. The number of fused-ring (bicyclic) bond motifs is 1. The van der Waals surface area contributed by atoms with Crippen molar-refractivity contribution in [2.75, 3.05) is 0 Å². The van der Waals surface area contributed by atoms with E-state index in [1.807, 2.05) is 32.6 Å². The molecule has 1 aliphatic rings. The molecule has 1 aromatic heterocycles. The van der Waals surface area contributed by atoms with Crippen LogP contribution in [0.1, 0.15) is 32.5 Å². The van der Waals surface area contributed by atoms with Gasteiger partial charge >= 0.3 is 0 Å². The summed E-state index contributed by atoms with van der Waals surface area (Å²) in [7, 11) is 0. The van der Waals surface area contributed by atoms with Crippen molar-refractivity contribution in [1.82, 2.24) is 9.55 Å². The number of rotatable bonds is 0. The highest BCUT2D eigenvalue weighted by atomic mass is 15.1. The highest BCUT2D eigenvalue weighted by molar-refractivity contribution is 5.63. The van der Waals surface area contributed by atoms with Gasteiger partial charge in [0.25, 0.3) is 0 Å². The SMILES string of the molecule is CC.CC1C=NCc2cncn21. The molecule has 2 rings (SSSR count). The minimum Gasteiger partial charge on any atom is -0.325 e. The number of aromatic nitrogens is 2. The van der Waals surface area contributed by atoms with Crippen LogP contribution < -0.4 is 0 Å². The smallest absolute Gasteiger partial charge is 0.0954 e. The van der Waals surface area contributed by atoms with E-state index in [0.29, 0.717) is 6.04 Å². The van der Waals surface area contributed by atoms with Crippen LogP contribution in [0.2, 0.25) is 0 Å². The zero-order valence-corrected chi connectivity index (χ0v) is 7.86. The first-order chi connectivity index (χ1) is 5.88. The quantitative estimate of drug-likeness (QED) is 0.578. The second-order valence-electron chi connectivity index (χ2n) is 2.52. The Labute approximate surface area is 73.2 Å². The predicted octanol–water partition coefficient (Wildman–Crippen LogP) is 2.05. The van der Waals surface area contributed by atoms with E-state index in [9.17, 15) is 0 Å². The van der Waals surface area contributed by atoms with Crippen LogP contribution in [0.25, 0.3) is 0 Å². The van der Waals surface area contributed by atoms with Crippen LogP contribution in [0.5, 0.6) is 0 Å². The summed E-state index contributed by atoms with van der Waals surface area (Å²) in [5.74, 6) is 0. The molecule has 1 atom stereocenters. The largest absolute Gasteiger partial charge is 0.325 e. The summed E-state index contributed by atoms with van der Waals surface area (Å²) in [5.41, 5.74) is 1.20. The molecule has 0 saturated carbocycles. The molecule has 1 aliphatic heterocycles. The van der Waals surface area contributed by atoms with Crippen molar-refractivity contribution >= 4 is 6.21 Å². The lowest BCUT2D eigenvalue weighted by Crippen LogP contribution is -2.12. The van der Waals surface area contributed by atoms with E-state index < -0.39 is 0 Å². The fourth-order valence-electron chi connectivity index (χ4n) is 1.19. The first-order valence-electron chi connectivity index (χ1n) is 4.38. The summed E-state index contributed by atoms with van der Waals surface area (Å²) in [6, 6.07) is 0.381. The minimum atomic E-state index is 0.381. The van der Waals surface area contributed by atoms with Crippen molar-refractivity contribution in [2.45, 2.75) is 33.4 Å². The summed E-state index contributed by atoms with van der Waals surface area (Å²) in [4.78, 5) is 8.22. The Morgan fingerprint density at radius 1 is 1.50 bits per heavy atom. The van der Waals surface area contributed by atoms with E-state index in [4.69, 9.17) is 0 Å². The Bertz CT molecular complexity index is 262. The van der Waals surface area contributed by atoms with E-state index in [1.165, 1.54) is 5.69 Å². The van der Waals surface area contributed by atoms with Gasteiger partial charge in [0.15, 0.2) is 0 Å². The van der Waals surface area contributed by atoms with Crippen molar-refractivity contribution in [3.05, 3.63) is 18.2 Å². The summed E-state index contributed by atoms with van der Waals surface area (Å²) < 4.78 is 2.13. The zero-order chi connectivity index (χ0) is 8.97. The molecule has 0 N–H and O–H groups in total. The molecule has 0 radical (unpaired) electrons. The highest BCUT2D eigenvalue weighted by Crippen LogP contribution is 2.12. The predicted molar refractivity (Wildman–Crippen MR) is 50.5 cm³/mol. The number of hydrogen-bond donors (Lipinski definition) is 0. The van der Waals surface area contributed by atoms with Gasteiger partial charge in [-0.1, -0.05) is 13.8 Å². The zero-order valence-electron chi connectivity index (χ0n) is 7.86. The molecule has 0 amide bonds. The van der Waals surface area contributed by atoms with Crippen molar-refractivity contribution in [2.24, 2.45) is 4.99 Å². The molecule has 3 heteroatoms. The van der Waals surface area contributed by atoms with Crippen molar-refractivity contribution in [1.29, 1.82) is 0 Å². The molecular formula is C9H15N3. The summed E-state index contributed by atoms with van der Waals surface area (Å²) in [6.45, 7) is 6.89. The van der Waals surface area contributed by atoms with Crippen LogP contribution in [0.3, 0.4) is 0 Å². The Balaban J connectivity index is 0.000000336. The summed E-state index contributed by atoms with van der Waals surface area (Å²) in [5, 5.41) is 0. The number of imidazole rings is 1. The molecule has 0 bridgehead atoms. The average molecular weight is 165 g/mol. The van der Waals surface area contributed by atoms with Gasteiger partial charge in [0.1, 0.15) is 0 Å². The van der Waals surface area contributed by atoms with Crippen LogP contribution in [0.15, 0.2) is 17.5 Å². The Morgan fingerprint density at radius 3 is 2.92 bits per heavy atom. The van der Waals surface area contributed by atoms with Gasteiger partial charge in [-0.25, -0.2) is 4.98 Å². The second kappa shape index (κ2) is 4.04. The van der Waals surface area contributed by atoms with Crippen LogP contribution >= 0.6 is 0 Å². The molecule has 1 unspecified atom stereocenters. The Morgan fingerprint density at radius 2 is 2.25 bits per heavy atom. The molecule has 1 aromatic rings. The minimum absolute atomic E-state index is 0.381. The molecule has 12 heavy (non-hydrogen) atoms. The van der Waals surface area contributed by atoms with E-state index in [1.54, 1.807) is 0 Å². The highest BCUT2D eigenvalue weighted by Gasteiger charge is 2.09. The van der Waals surface area contributed by atoms with Gasteiger partial charge < -0.3 is 4.57 Å². The van der Waals surface area contributed by atoms with Crippen molar-refractivity contribution < 1.29 is 0 Å². The second-order valence-corrected chi connectivity index (χ2v) is 2.52. The molecule has 2 heterocycles. The van der Waals surface area contributed by atoms with Gasteiger partial charge in [-0.15, -0.1) is 0 Å². The first kappa shape index (κ1) is 8.97. The van der Waals surface area contributed by atoms with Crippen LogP contribution in [0.4, 0.5) is 0 Å². The molecular weight excluding hydrogens is 150 g/mol. The topological polar surface area (TPSA) is 30.2 Å². The van der Waals surface area contributed by atoms with E-state index in [-0.39, 0.29) is 0 Å². The molecule has 0 fully saturated rings. The lowest BCUT2D eigenvalue weighted by Gasteiger charge is -2.14. The maximum atomic E-state index is 4.19. The fraction of sp³-hybridized carbons (Fsp3) is 0.556. The fourth-order valence-corrected chi connectivity index (χ4v) is 1.19. The van der Waals surface area contributed by atoms with Gasteiger partial charge in [-0.3, -0.25) is 4.99 Å². The van der Waals surface area contributed by atoms with Crippen LogP contribution in [-0.2, 0) is 6.54 Å². The first-order valence-corrected chi connectivity index (χ1v) is 4.38. The monoisotopic (exact) mass is 165 g/mol. The third-order valence-electron chi connectivity index (χ3n) is 1.76. The van der Waals surface area contributed by atoms with Gasteiger partial charge in [0.05, 0.1) is 30.8 Å². The third-order valence-corrected chi connectivity index (χ3v) is 1.76. The molecule has 0 saturated heterocycles. The maximum absolute atomic E-state index is 4.19. The van der Waals surface area contributed by atoms with E-state index in [0.717, 1.165) is 6.54 Å². The Kier molecular flexibility index (Phi) is 3.02. The van der Waals surface area contributed by atoms with Gasteiger partial charge in [-0.2, -0.15) is 0 Å². The number of aliphatic imine (C=N–C) groups is 1. The standard InChI is InChI=1S/C7H9N3.C2H6/c1-6-2-8-3-7-4-9-5-10(6)7;1-2/h2,4-6H,3H2,1H3;1-2H3. The molecule has 0 aromatic carbocycles. The van der Waals surface area contributed by atoms with Crippen LogP contribution in [0, 0.1) is 0 Å². The number of nitrogens with zero attached hydrogens (tertiary/aromatic N) is 3. The van der Waals surface area contributed by atoms with Crippen molar-refractivity contribution in [3.63, 3.8) is 0 Å². The van der Waals surface area contributed by atoms with E-state index >= 15 is 0 Å². The normalized spacial score (nSPS) is 19.4. The molecule has 66 valence electrons. The Hall–Kier alpha value is -1.12. The van der Waals surface area contributed by atoms with Crippen LogP contribution in [-0.4, -0.2) is 15.8 Å². The number of hydrogen-bond acceptors (Lipinski definition) is 2. The molecule has 3 nitrogen and oxygen atoms in total. The third kappa shape index (κ3) is 1.55. The lowest BCUT2D eigenvalue weighted by molar-refractivity contribution is 0.643. The van der Waals surface area contributed by atoms with E-state index in [2.05, 4.69) is 21.5 Å². The summed E-state index contributed by atoms with van der Waals surface area (Å²) >= 11 is 0. The average Bonchev–Trinajstić information content (AvgIpc) is 2.57. The van der Waals surface area contributed by atoms with Gasteiger partial charge in [0, 0.05) is 6.21 Å². The van der Waals surface area contributed by atoms with Gasteiger partial charge in [-0.05, 0) is 6.92 Å². The lowest BCUT2D eigenvalue weighted by atomic mass is 10.3. The van der Waals surface area contributed by atoms with Crippen molar-refractivity contribution in [3.8, 4) is 0 Å². The molecule has 0 aliphatic carbocycles. The summed E-state index contributed by atoms with van der Waals surface area (Å²) in [6.07, 6.45) is 5.67.